The van der Waals surface area contributed by atoms with Crippen molar-refractivity contribution in [3.63, 3.8) is 0 Å². The van der Waals surface area contributed by atoms with Gasteiger partial charge in [-0.1, -0.05) is 6.92 Å². The molecule has 0 aliphatic rings. The van der Waals surface area contributed by atoms with Gasteiger partial charge in [0.2, 0.25) is 0 Å². The first kappa shape index (κ1) is 15.1. The highest BCUT2D eigenvalue weighted by Gasteiger charge is 2.12. The zero-order valence-electron chi connectivity index (χ0n) is 11.3. The highest BCUT2D eigenvalue weighted by atomic mass is 19.3. The minimum atomic E-state index is -2.31. The van der Waals surface area contributed by atoms with Crippen LogP contribution in [0.4, 0.5) is 8.78 Å². The van der Waals surface area contributed by atoms with E-state index >= 15 is 0 Å². The average Bonchev–Trinajstić information content (AvgIpc) is 2.58. The second-order valence-corrected chi connectivity index (χ2v) is 4.56. The van der Waals surface area contributed by atoms with Gasteiger partial charge in [-0.15, -0.1) is 0 Å². The molecule has 0 bridgehead atoms. The molecule has 0 aromatic carbocycles. The number of nitrogens with zero attached hydrogens (tertiary/aromatic N) is 1. The molecule has 1 rings (SSSR count). The van der Waals surface area contributed by atoms with Crippen LogP contribution in [-0.2, 0) is 13.1 Å². The monoisotopic (exact) mass is 260 g/mol. The lowest BCUT2D eigenvalue weighted by molar-refractivity contribution is 0.0945. The van der Waals surface area contributed by atoms with Gasteiger partial charge in [0.15, 0.2) is 0 Å². The van der Waals surface area contributed by atoms with Crippen LogP contribution >= 0.6 is 0 Å². The average molecular weight is 260 g/mol. The van der Waals surface area contributed by atoms with Gasteiger partial charge in [-0.3, -0.25) is 4.90 Å². The van der Waals surface area contributed by atoms with Crippen molar-refractivity contribution >= 4 is 0 Å². The molecule has 18 heavy (non-hydrogen) atoms. The van der Waals surface area contributed by atoms with E-state index in [4.69, 9.17) is 4.42 Å². The number of alkyl halides is 2. The molecule has 0 saturated carbocycles. The summed E-state index contributed by atoms with van der Waals surface area (Å²) in [7, 11) is 1.67. The smallest absolute Gasteiger partial charge is 0.251 e. The molecule has 0 radical (unpaired) electrons. The van der Waals surface area contributed by atoms with Crippen LogP contribution in [0.5, 0.6) is 0 Å². The molecule has 0 unspecified atom stereocenters. The van der Waals surface area contributed by atoms with Gasteiger partial charge in [-0.25, -0.2) is 8.78 Å². The van der Waals surface area contributed by atoms with Crippen LogP contribution in [0, 0.1) is 6.92 Å². The topological polar surface area (TPSA) is 28.4 Å². The Balaban J connectivity index is 2.49. The zero-order valence-corrected chi connectivity index (χ0v) is 11.3. The van der Waals surface area contributed by atoms with Crippen molar-refractivity contribution in [2.24, 2.45) is 0 Å². The van der Waals surface area contributed by atoms with Crippen molar-refractivity contribution < 1.29 is 13.2 Å². The maximum absolute atomic E-state index is 12.2. The molecule has 1 heterocycles. The largest absolute Gasteiger partial charge is 0.465 e. The first-order chi connectivity index (χ1) is 8.52. The Hall–Kier alpha value is -0.940. The highest BCUT2D eigenvalue weighted by Crippen LogP contribution is 2.16. The molecule has 1 aromatic heterocycles. The fourth-order valence-electron chi connectivity index (χ4n) is 1.81. The molecule has 0 aliphatic heterocycles. The fraction of sp³-hybridized carbons (Fsp3) is 0.692. The number of halogens is 2. The lowest BCUT2D eigenvalue weighted by atomic mass is 10.2. The van der Waals surface area contributed by atoms with Crippen LogP contribution in [0.15, 0.2) is 10.5 Å². The maximum atomic E-state index is 12.2. The summed E-state index contributed by atoms with van der Waals surface area (Å²) in [4.78, 5) is 1.56. The Morgan fingerprint density at radius 2 is 2.17 bits per heavy atom. The van der Waals surface area contributed by atoms with Gasteiger partial charge in [0.25, 0.3) is 6.43 Å². The SMILES string of the molecule is CCCNCc1cc(CN(C)CC(F)F)oc1C. The summed E-state index contributed by atoms with van der Waals surface area (Å²) in [6.07, 6.45) is -1.22. The van der Waals surface area contributed by atoms with Crippen LogP contribution in [0.3, 0.4) is 0 Å². The summed E-state index contributed by atoms with van der Waals surface area (Å²) in [5.41, 5.74) is 1.10. The van der Waals surface area contributed by atoms with E-state index in [9.17, 15) is 8.78 Å². The quantitative estimate of drug-likeness (QED) is 0.729. The van der Waals surface area contributed by atoms with Crippen molar-refractivity contribution in [3.05, 3.63) is 23.2 Å². The molecular formula is C13H22F2N2O. The Labute approximate surface area is 107 Å². The summed E-state index contributed by atoms with van der Waals surface area (Å²) in [5, 5.41) is 3.30. The molecule has 0 spiro atoms. The normalized spacial score (nSPS) is 11.7. The van der Waals surface area contributed by atoms with Crippen LogP contribution in [0.25, 0.3) is 0 Å². The second-order valence-electron chi connectivity index (χ2n) is 4.56. The van der Waals surface area contributed by atoms with Crippen molar-refractivity contribution in [1.82, 2.24) is 10.2 Å². The van der Waals surface area contributed by atoms with Gasteiger partial charge >= 0.3 is 0 Å². The van der Waals surface area contributed by atoms with Crippen LogP contribution in [0.2, 0.25) is 0 Å². The predicted octanol–water partition coefficient (Wildman–Crippen LogP) is 2.78. The minimum Gasteiger partial charge on any atom is -0.465 e. The van der Waals surface area contributed by atoms with E-state index in [1.165, 1.54) is 0 Å². The summed E-state index contributed by atoms with van der Waals surface area (Å²) in [5.74, 6) is 1.60. The molecule has 0 amide bonds. The van der Waals surface area contributed by atoms with Crippen molar-refractivity contribution in [2.75, 3.05) is 20.1 Å². The van der Waals surface area contributed by atoms with Crippen LogP contribution in [0.1, 0.15) is 30.4 Å². The van der Waals surface area contributed by atoms with E-state index in [0.717, 1.165) is 36.6 Å². The molecule has 0 aliphatic carbocycles. The maximum Gasteiger partial charge on any atom is 0.251 e. The number of hydrogen-bond acceptors (Lipinski definition) is 3. The lowest BCUT2D eigenvalue weighted by Gasteiger charge is -2.13. The lowest BCUT2D eigenvalue weighted by Crippen LogP contribution is -2.23. The number of furan rings is 1. The van der Waals surface area contributed by atoms with Gasteiger partial charge in [0.1, 0.15) is 11.5 Å². The summed E-state index contributed by atoms with van der Waals surface area (Å²) in [6.45, 7) is 5.93. The van der Waals surface area contributed by atoms with Crippen LogP contribution < -0.4 is 5.32 Å². The van der Waals surface area contributed by atoms with E-state index in [2.05, 4.69) is 12.2 Å². The first-order valence-electron chi connectivity index (χ1n) is 6.28. The van der Waals surface area contributed by atoms with Gasteiger partial charge in [-0.05, 0) is 33.0 Å². The molecule has 3 nitrogen and oxygen atoms in total. The number of aryl methyl sites for hydroxylation is 1. The third kappa shape index (κ3) is 5.14. The van der Waals surface area contributed by atoms with Gasteiger partial charge in [0, 0.05) is 12.1 Å². The summed E-state index contributed by atoms with van der Waals surface area (Å²) in [6, 6.07) is 1.94. The zero-order chi connectivity index (χ0) is 13.5. The van der Waals surface area contributed by atoms with Gasteiger partial charge < -0.3 is 9.73 Å². The van der Waals surface area contributed by atoms with Crippen molar-refractivity contribution in [3.8, 4) is 0 Å². The Morgan fingerprint density at radius 3 is 2.78 bits per heavy atom. The number of rotatable bonds is 8. The van der Waals surface area contributed by atoms with Gasteiger partial charge in [0.05, 0.1) is 13.1 Å². The molecular weight excluding hydrogens is 238 g/mol. The molecule has 0 fully saturated rings. The molecule has 0 atom stereocenters. The third-order valence-corrected chi connectivity index (χ3v) is 2.69. The summed E-state index contributed by atoms with van der Waals surface area (Å²) < 4.78 is 30.0. The number of hydrogen-bond donors (Lipinski definition) is 1. The fourth-order valence-corrected chi connectivity index (χ4v) is 1.81. The molecule has 0 saturated heterocycles. The molecule has 1 aromatic rings. The number of nitrogens with one attached hydrogen (secondary N) is 1. The second kappa shape index (κ2) is 7.48. The standard InChI is InChI=1S/C13H22F2N2O/c1-4-5-16-7-11-6-12(18-10(11)2)8-17(3)9-13(14)15/h6,13,16H,4-5,7-9H2,1-3H3. The van der Waals surface area contributed by atoms with Crippen molar-refractivity contribution in [1.29, 1.82) is 0 Å². The van der Waals surface area contributed by atoms with E-state index in [1.807, 2.05) is 13.0 Å². The molecule has 5 heteroatoms. The third-order valence-electron chi connectivity index (χ3n) is 2.69. The molecule has 1 N–H and O–H groups in total. The summed E-state index contributed by atoms with van der Waals surface area (Å²) >= 11 is 0. The first-order valence-corrected chi connectivity index (χ1v) is 6.28. The van der Waals surface area contributed by atoms with E-state index in [-0.39, 0.29) is 6.54 Å². The van der Waals surface area contributed by atoms with E-state index in [1.54, 1.807) is 11.9 Å². The predicted molar refractivity (Wildman–Crippen MR) is 67.8 cm³/mol. The van der Waals surface area contributed by atoms with E-state index < -0.39 is 6.43 Å². The van der Waals surface area contributed by atoms with Gasteiger partial charge in [-0.2, -0.15) is 0 Å². The van der Waals surface area contributed by atoms with E-state index in [0.29, 0.717) is 6.54 Å². The Kier molecular flexibility index (Phi) is 6.29. The minimum absolute atomic E-state index is 0.233. The Morgan fingerprint density at radius 1 is 1.44 bits per heavy atom. The molecule has 104 valence electrons. The highest BCUT2D eigenvalue weighted by molar-refractivity contribution is 5.20. The Bertz CT molecular complexity index is 353. The van der Waals surface area contributed by atoms with Crippen LogP contribution in [-0.4, -0.2) is 31.5 Å². The van der Waals surface area contributed by atoms with Crippen molar-refractivity contribution in [2.45, 2.75) is 39.8 Å².